The number of amides is 1. The number of nitrogens with zero attached hydrogens (tertiary/aromatic N) is 1. The van der Waals surface area contributed by atoms with E-state index in [9.17, 15) is 4.79 Å². The quantitative estimate of drug-likeness (QED) is 0.559. The fourth-order valence-electron chi connectivity index (χ4n) is 6.39. The maximum absolute atomic E-state index is 13.9. The normalized spacial score (nSPS) is 26.8. The Morgan fingerprint density at radius 1 is 1.03 bits per heavy atom. The van der Waals surface area contributed by atoms with E-state index >= 15 is 0 Å². The van der Waals surface area contributed by atoms with Crippen molar-refractivity contribution in [1.29, 1.82) is 0 Å². The zero-order chi connectivity index (χ0) is 22.5. The van der Waals surface area contributed by atoms with Crippen LogP contribution in [0.25, 0.3) is 10.8 Å². The van der Waals surface area contributed by atoms with Crippen LogP contribution >= 0.6 is 0 Å². The fraction of sp³-hybridized carbons (Fsp3) is 0.393. The summed E-state index contributed by atoms with van der Waals surface area (Å²) in [6, 6.07) is 20.9. The monoisotopic (exact) mass is 426 g/mol. The lowest BCUT2D eigenvalue weighted by atomic mass is 9.72. The van der Waals surface area contributed by atoms with Crippen molar-refractivity contribution in [3.8, 4) is 5.75 Å². The third kappa shape index (κ3) is 2.35. The number of anilines is 1. The second-order valence-corrected chi connectivity index (χ2v) is 11.1. The molecule has 0 radical (unpaired) electrons. The summed E-state index contributed by atoms with van der Waals surface area (Å²) in [5, 5.41) is 5.66. The molecule has 4 nitrogen and oxygen atoms in total. The van der Waals surface area contributed by atoms with E-state index in [0.717, 1.165) is 17.9 Å². The fourth-order valence-corrected chi connectivity index (χ4v) is 6.39. The minimum atomic E-state index is -0.587. The third-order valence-corrected chi connectivity index (χ3v) is 7.71. The van der Waals surface area contributed by atoms with Crippen LogP contribution in [0.15, 0.2) is 60.7 Å². The molecule has 1 amide bonds. The van der Waals surface area contributed by atoms with Crippen molar-refractivity contribution in [1.82, 2.24) is 5.32 Å². The predicted molar refractivity (Wildman–Crippen MR) is 128 cm³/mol. The second-order valence-electron chi connectivity index (χ2n) is 11.1. The Labute approximate surface area is 189 Å². The van der Waals surface area contributed by atoms with Crippen LogP contribution in [-0.4, -0.2) is 23.2 Å². The van der Waals surface area contributed by atoms with Crippen LogP contribution in [0.2, 0.25) is 0 Å². The van der Waals surface area contributed by atoms with E-state index in [-0.39, 0.29) is 28.8 Å². The molecule has 3 aromatic carbocycles. The maximum Gasteiger partial charge on any atom is 0.243 e. The molecule has 0 aliphatic carbocycles. The van der Waals surface area contributed by atoms with Gasteiger partial charge >= 0.3 is 0 Å². The van der Waals surface area contributed by atoms with Gasteiger partial charge in [-0.15, -0.1) is 0 Å². The average molecular weight is 427 g/mol. The van der Waals surface area contributed by atoms with Crippen molar-refractivity contribution < 1.29 is 9.53 Å². The summed E-state index contributed by atoms with van der Waals surface area (Å²) in [6.07, 6.45) is 0.790. The van der Waals surface area contributed by atoms with Crippen LogP contribution in [0.3, 0.4) is 0 Å². The highest BCUT2D eigenvalue weighted by Crippen LogP contribution is 2.65. The number of nitrogens with one attached hydrogen (secondary N) is 1. The summed E-state index contributed by atoms with van der Waals surface area (Å²) in [5.41, 5.74) is 2.38. The first kappa shape index (κ1) is 19.7. The van der Waals surface area contributed by atoms with Gasteiger partial charge in [-0.25, -0.2) is 0 Å². The molecule has 1 saturated heterocycles. The first-order chi connectivity index (χ1) is 15.1. The van der Waals surface area contributed by atoms with Crippen molar-refractivity contribution in [2.75, 3.05) is 4.90 Å². The van der Waals surface area contributed by atoms with Gasteiger partial charge in [-0.3, -0.25) is 4.79 Å². The van der Waals surface area contributed by atoms with E-state index in [1.165, 1.54) is 21.9 Å². The lowest BCUT2D eigenvalue weighted by Crippen LogP contribution is -2.60. The Kier molecular flexibility index (Phi) is 3.72. The van der Waals surface area contributed by atoms with Gasteiger partial charge in [0.25, 0.3) is 0 Å². The van der Waals surface area contributed by atoms with Gasteiger partial charge in [0.1, 0.15) is 11.8 Å². The molecule has 1 fully saturated rings. The van der Waals surface area contributed by atoms with Gasteiger partial charge in [0, 0.05) is 29.1 Å². The third-order valence-electron chi connectivity index (χ3n) is 7.71. The Morgan fingerprint density at radius 2 is 1.75 bits per heavy atom. The topological polar surface area (TPSA) is 41.6 Å². The van der Waals surface area contributed by atoms with Crippen molar-refractivity contribution in [3.05, 3.63) is 71.8 Å². The van der Waals surface area contributed by atoms with E-state index in [1.54, 1.807) is 0 Å². The van der Waals surface area contributed by atoms with Gasteiger partial charge in [-0.1, -0.05) is 48.5 Å². The Balaban J connectivity index is 1.62. The summed E-state index contributed by atoms with van der Waals surface area (Å²) < 4.78 is 7.00. The molecule has 0 unspecified atom stereocenters. The smallest absolute Gasteiger partial charge is 0.243 e. The Morgan fingerprint density at radius 3 is 2.53 bits per heavy atom. The number of benzene rings is 3. The molecule has 0 aromatic heterocycles. The van der Waals surface area contributed by atoms with Gasteiger partial charge < -0.3 is 15.0 Å². The minimum Gasteiger partial charge on any atom is -0.467 e. The predicted octanol–water partition coefficient (Wildman–Crippen LogP) is 5.50. The Bertz CT molecular complexity index is 1270. The van der Waals surface area contributed by atoms with Crippen LogP contribution in [-0.2, 0) is 10.2 Å². The molecule has 3 atom stereocenters. The van der Waals surface area contributed by atoms with Crippen molar-refractivity contribution in [3.63, 3.8) is 0 Å². The van der Waals surface area contributed by atoms with E-state index in [1.807, 2.05) is 20.8 Å². The molecule has 4 heteroatoms. The highest BCUT2D eigenvalue weighted by atomic mass is 16.5. The van der Waals surface area contributed by atoms with Gasteiger partial charge in [0.2, 0.25) is 5.91 Å². The highest BCUT2D eigenvalue weighted by molar-refractivity contribution is 5.95. The minimum absolute atomic E-state index is 0.0554. The standard InChI is InChI=1S/C28H30N2O2/c1-26(2,3)29-25(31)24-19-16-28(27(4,5)20-12-8-9-13-21(20)30(24)28)32-22-15-14-17-10-6-7-11-18(17)23(19)22/h6-15,19,24H,16H2,1-5H3,(H,29,31)/t19-,24-,28+/m0/s1. The number of para-hydroxylation sites is 1. The number of hydrogen-bond donors (Lipinski definition) is 1. The van der Waals surface area contributed by atoms with Crippen molar-refractivity contribution in [2.24, 2.45) is 0 Å². The molecule has 32 heavy (non-hydrogen) atoms. The first-order valence-corrected chi connectivity index (χ1v) is 11.6. The highest BCUT2D eigenvalue weighted by Gasteiger charge is 2.70. The lowest BCUT2D eigenvalue weighted by Gasteiger charge is -2.45. The van der Waals surface area contributed by atoms with Gasteiger partial charge in [-0.05, 0) is 63.1 Å². The van der Waals surface area contributed by atoms with Crippen LogP contribution in [0.5, 0.6) is 5.75 Å². The zero-order valence-corrected chi connectivity index (χ0v) is 19.4. The molecule has 3 aliphatic heterocycles. The van der Waals surface area contributed by atoms with Gasteiger partial charge in [0.05, 0.1) is 5.41 Å². The number of carbonyl (C=O) groups is 1. The SMILES string of the molecule is CC(C)(C)NC(=O)[C@@H]1[C@H]2C[C@]3(Oc4ccc5ccccc5c42)N1c1ccccc1C3(C)C. The van der Waals surface area contributed by atoms with Crippen LogP contribution in [0.4, 0.5) is 5.69 Å². The molecule has 164 valence electrons. The zero-order valence-electron chi connectivity index (χ0n) is 19.4. The lowest BCUT2D eigenvalue weighted by molar-refractivity contribution is -0.124. The molecule has 2 bridgehead atoms. The molecular weight excluding hydrogens is 396 g/mol. The number of ether oxygens (including phenoxy) is 1. The number of hydrogen-bond acceptors (Lipinski definition) is 3. The van der Waals surface area contributed by atoms with Crippen LogP contribution in [0, 0.1) is 0 Å². The molecular formula is C28H30N2O2. The van der Waals surface area contributed by atoms with Crippen molar-refractivity contribution >= 4 is 22.4 Å². The Hall–Kier alpha value is -3.01. The van der Waals surface area contributed by atoms with Crippen molar-refractivity contribution in [2.45, 2.75) is 69.7 Å². The summed E-state index contributed by atoms with van der Waals surface area (Å²) in [7, 11) is 0. The maximum atomic E-state index is 13.9. The summed E-state index contributed by atoms with van der Waals surface area (Å²) in [6.45, 7) is 10.7. The molecule has 0 saturated carbocycles. The largest absolute Gasteiger partial charge is 0.467 e. The summed E-state index contributed by atoms with van der Waals surface area (Å²) in [5.74, 6) is 1.04. The number of carbonyl (C=O) groups excluding carboxylic acids is 1. The van der Waals surface area contributed by atoms with Gasteiger partial charge in [0.15, 0.2) is 5.72 Å². The molecule has 1 N–H and O–H groups in total. The van der Waals surface area contributed by atoms with E-state index in [4.69, 9.17) is 4.74 Å². The molecule has 3 aliphatic rings. The summed E-state index contributed by atoms with van der Waals surface area (Å²) in [4.78, 5) is 16.2. The molecule has 3 aromatic rings. The first-order valence-electron chi connectivity index (χ1n) is 11.6. The molecule has 1 spiro atoms. The average Bonchev–Trinajstić information content (AvgIpc) is 3.11. The van der Waals surface area contributed by atoms with Gasteiger partial charge in [-0.2, -0.15) is 0 Å². The molecule has 3 heterocycles. The van der Waals surface area contributed by atoms with E-state index in [2.05, 4.69) is 84.7 Å². The van der Waals surface area contributed by atoms with Crippen LogP contribution in [0.1, 0.15) is 58.1 Å². The summed E-state index contributed by atoms with van der Waals surface area (Å²) >= 11 is 0. The number of rotatable bonds is 1. The van der Waals surface area contributed by atoms with E-state index < -0.39 is 5.72 Å². The number of fused-ring (bicyclic) bond motifs is 7. The van der Waals surface area contributed by atoms with E-state index in [0.29, 0.717) is 0 Å². The van der Waals surface area contributed by atoms with Crippen LogP contribution < -0.4 is 15.0 Å². The molecule has 6 rings (SSSR count). The second kappa shape index (κ2) is 6.06.